The lowest BCUT2D eigenvalue weighted by molar-refractivity contribution is 0.0935. The van der Waals surface area contributed by atoms with Crippen molar-refractivity contribution in [1.82, 2.24) is 4.90 Å². The molecule has 0 radical (unpaired) electrons. The number of benzene rings is 1. The molecular formula is C12H13Cl2NO2. The van der Waals surface area contributed by atoms with E-state index in [0.29, 0.717) is 28.7 Å². The summed E-state index contributed by atoms with van der Waals surface area (Å²) in [5.41, 5.74) is 0.556. The molecular weight excluding hydrogens is 261 g/mol. The maximum absolute atomic E-state index is 11.9. The van der Waals surface area contributed by atoms with E-state index in [2.05, 4.69) is 0 Å². The van der Waals surface area contributed by atoms with E-state index in [9.17, 15) is 9.90 Å². The number of halogens is 2. The number of aliphatic hydroxyl groups excluding tert-OH is 1. The van der Waals surface area contributed by atoms with Crippen molar-refractivity contribution in [1.29, 1.82) is 0 Å². The van der Waals surface area contributed by atoms with Crippen LogP contribution in [0.4, 0.5) is 0 Å². The van der Waals surface area contributed by atoms with Crippen LogP contribution in [0.3, 0.4) is 0 Å². The molecule has 0 aromatic heterocycles. The van der Waals surface area contributed by atoms with Crippen molar-refractivity contribution < 1.29 is 9.90 Å². The third-order valence-corrected chi connectivity index (χ3v) is 3.60. The minimum atomic E-state index is -0.309. The number of aliphatic hydroxyl groups is 1. The van der Waals surface area contributed by atoms with E-state index < -0.39 is 0 Å². The van der Waals surface area contributed by atoms with Crippen molar-refractivity contribution in [3.05, 3.63) is 33.8 Å². The van der Waals surface area contributed by atoms with E-state index in [0.717, 1.165) is 13.0 Å². The van der Waals surface area contributed by atoms with Crippen molar-refractivity contribution in [2.45, 2.75) is 12.5 Å². The Bertz CT molecular complexity index is 437. The average molecular weight is 274 g/mol. The molecule has 1 aliphatic heterocycles. The molecule has 1 saturated heterocycles. The molecule has 0 aliphatic carbocycles. The van der Waals surface area contributed by atoms with E-state index in [-0.39, 0.29) is 11.9 Å². The second-order valence-corrected chi connectivity index (χ2v) is 5.04. The molecule has 1 N–H and O–H groups in total. The summed E-state index contributed by atoms with van der Waals surface area (Å²) in [5, 5.41) is 10.2. The quantitative estimate of drug-likeness (QED) is 0.859. The third kappa shape index (κ3) is 3.19. The SMILES string of the molecule is O=C(CN1CCC(O)C1)c1ccc(Cl)c(Cl)c1. The number of Topliss-reactive ketones (excluding diaryl/α,β-unsaturated/α-hetero) is 1. The van der Waals surface area contributed by atoms with Crippen molar-refractivity contribution >= 4 is 29.0 Å². The Balaban J connectivity index is 2.02. The molecule has 17 heavy (non-hydrogen) atoms. The molecule has 1 unspecified atom stereocenters. The van der Waals surface area contributed by atoms with Crippen LogP contribution in [0, 0.1) is 0 Å². The summed E-state index contributed by atoms with van der Waals surface area (Å²) in [6.45, 7) is 1.64. The number of carbonyl (C=O) groups excluding carboxylic acids is 1. The lowest BCUT2D eigenvalue weighted by Crippen LogP contribution is -2.28. The highest BCUT2D eigenvalue weighted by atomic mass is 35.5. The first-order valence-corrected chi connectivity index (χ1v) is 6.20. The van der Waals surface area contributed by atoms with E-state index in [1.165, 1.54) is 0 Å². The lowest BCUT2D eigenvalue weighted by atomic mass is 10.1. The molecule has 1 atom stereocenters. The number of carbonyl (C=O) groups is 1. The Labute approximate surface area is 110 Å². The third-order valence-electron chi connectivity index (χ3n) is 2.86. The summed E-state index contributed by atoms with van der Waals surface area (Å²) >= 11 is 11.6. The molecule has 0 amide bonds. The minimum Gasteiger partial charge on any atom is -0.392 e. The Morgan fingerprint density at radius 1 is 1.41 bits per heavy atom. The molecule has 1 fully saturated rings. The predicted octanol–water partition coefficient (Wildman–Crippen LogP) is 2.24. The first-order chi connectivity index (χ1) is 8.06. The summed E-state index contributed by atoms with van der Waals surface area (Å²) < 4.78 is 0. The van der Waals surface area contributed by atoms with Gasteiger partial charge in [0.2, 0.25) is 0 Å². The Morgan fingerprint density at radius 2 is 2.18 bits per heavy atom. The first kappa shape index (κ1) is 12.8. The van der Waals surface area contributed by atoms with E-state index in [4.69, 9.17) is 23.2 Å². The zero-order valence-electron chi connectivity index (χ0n) is 9.20. The van der Waals surface area contributed by atoms with Crippen LogP contribution < -0.4 is 0 Å². The van der Waals surface area contributed by atoms with Crippen molar-refractivity contribution in [2.24, 2.45) is 0 Å². The number of likely N-dealkylation sites (tertiary alicyclic amines) is 1. The van der Waals surface area contributed by atoms with Crippen LogP contribution in [-0.2, 0) is 0 Å². The lowest BCUT2D eigenvalue weighted by Gasteiger charge is -2.13. The second kappa shape index (κ2) is 5.36. The highest BCUT2D eigenvalue weighted by molar-refractivity contribution is 6.42. The van der Waals surface area contributed by atoms with Gasteiger partial charge in [-0.25, -0.2) is 0 Å². The van der Waals surface area contributed by atoms with Gasteiger partial charge in [-0.2, -0.15) is 0 Å². The fourth-order valence-electron chi connectivity index (χ4n) is 1.92. The number of rotatable bonds is 3. The molecule has 1 heterocycles. The second-order valence-electron chi connectivity index (χ2n) is 4.23. The van der Waals surface area contributed by atoms with Gasteiger partial charge in [-0.3, -0.25) is 9.69 Å². The number of hydrogen-bond acceptors (Lipinski definition) is 3. The number of hydrogen-bond donors (Lipinski definition) is 1. The van der Waals surface area contributed by atoms with Crippen LogP contribution in [0.2, 0.25) is 10.0 Å². The monoisotopic (exact) mass is 273 g/mol. The van der Waals surface area contributed by atoms with Crippen LogP contribution in [0.25, 0.3) is 0 Å². The maximum Gasteiger partial charge on any atom is 0.176 e. The largest absolute Gasteiger partial charge is 0.392 e. The van der Waals surface area contributed by atoms with Crippen LogP contribution in [0.15, 0.2) is 18.2 Å². The van der Waals surface area contributed by atoms with Gasteiger partial charge in [-0.15, -0.1) is 0 Å². The van der Waals surface area contributed by atoms with E-state index >= 15 is 0 Å². The van der Waals surface area contributed by atoms with Crippen LogP contribution >= 0.6 is 23.2 Å². The summed E-state index contributed by atoms with van der Waals surface area (Å²) in [5.74, 6) is -0.00216. The molecule has 1 aromatic rings. The highest BCUT2D eigenvalue weighted by Gasteiger charge is 2.22. The van der Waals surface area contributed by atoms with Crippen LogP contribution in [0.1, 0.15) is 16.8 Å². The Hall–Kier alpha value is -0.610. The fourth-order valence-corrected chi connectivity index (χ4v) is 2.22. The van der Waals surface area contributed by atoms with Gasteiger partial charge in [0.1, 0.15) is 0 Å². The number of ketones is 1. The summed E-state index contributed by atoms with van der Waals surface area (Å²) in [6.07, 6.45) is 0.422. The maximum atomic E-state index is 11.9. The minimum absolute atomic E-state index is 0.00216. The van der Waals surface area contributed by atoms with Gasteiger partial charge in [0.05, 0.1) is 22.7 Å². The molecule has 3 nitrogen and oxygen atoms in total. The number of β-amino-alcohol motifs (C(OH)–C–C–N with tert-alkyl or cyclic N) is 1. The Kier molecular flexibility index (Phi) is 4.05. The van der Waals surface area contributed by atoms with Gasteiger partial charge in [-0.1, -0.05) is 23.2 Å². The molecule has 5 heteroatoms. The normalized spacial score (nSPS) is 20.8. The van der Waals surface area contributed by atoms with Crippen molar-refractivity contribution in [2.75, 3.05) is 19.6 Å². The van der Waals surface area contributed by atoms with E-state index in [1.807, 2.05) is 4.90 Å². The van der Waals surface area contributed by atoms with E-state index in [1.54, 1.807) is 18.2 Å². The fraction of sp³-hybridized carbons (Fsp3) is 0.417. The Morgan fingerprint density at radius 3 is 2.76 bits per heavy atom. The van der Waals surface area contributed by atoms with Gasteiger partial charge in [0, 0.05) is 18.7 Å². The van der Waals surface area contributed by atoms with Crippen LogP contribution in [0.5, 0.6) is 0 Å². The molecule has 92 valence electrons. The molecule has 2 rings (SSSR count). The summed E-state index contributed by atoms with van der Waals surface area (Å²) in [4.78, 5) is 13.9. The van der Waals surface area contributed by atoms with Gasteiger partial charge in [0.25, 0.3) is 0 Å². The zero-order valence-corrected chi connectivity index (χ0v) is 10.7. The van der Waals surface area contributed by atoms with Gasteiger partial charge < -0.3 is 5.11 Å². The zero-order chi connectivity index (χ0) is 12.4. The summed E-state index contributed by atoms with van der Waals surface area (Å²) in [7, 11) is 0. The van der Waals surface area contributed by atoms with Gasteiger partial charge >= 0.3 is 0 Å². The molecule has 0 bridgehead atoms. The number of nitrogens with zero attached hydrogens (tertiary/aromatic N) is 1. The van der Waals surface area contributed by atoms with Gasteiger partial charge in [0.15, 0.2) is 5.78 Å². The predicted molar refractivity (Wildman–Crippen MR) is 67.9 cm³/mol. The standard InChI is InChI=1S/C12H13Cl2NO2/c13-10-2-1-8(5-11(10)14)12(17)7-15-4-3-9(16)6-15/h1-2,5,9,16H,3-4,6-7H2. The highest BCUT2D eigenvalue weighted by Crippen LogP contribution is 2.23. The molecule has 1 aromatic carbocycles. The molecule has 0 saturated carbocycles. The first-order valence-electron chi connectivity index (χ1n) is 5.45. The van der Waals surface area contributed by atoms with Crippen molar-refractivity contribution in [3.8, 4) is 0 Å². The smallest absolute Gasteiger partial charge is 0.176 e. The topological polar surface area (TPSA) is 40.5 Å². The summed E-state index contributed by atoms with van der Waals surface area (Å²) in [6, 6.07) is 4.87. The molecule has 1 aliphatic rings. The van der Waals surface area contributed by atoms with Crippen LogP contribution in [-0.4, -0.2) is 41.5 Å². The van der Waals surface area contributed by atoms with Gasteiger partial charge in [-0.05, 0) is 24.6 Å². The van der Waals surface area contributed by atoms with Crippen molar-refractivity contribution in [3.63, 3.8) is 0 Å². The average Bonchev–Trinajstić information content (AvgIpc) is 2.68. The molecule has 0 spiro atoms.